The molecule has 19 heavy (non-hydrogen) atoms. The number of ketones is 1. The second-order valence-electron chi connectivity index (χ2n) is 5.65. The van der Waals surface area contributed by atoms with Crippen molar-refractivity contribution in [2.24, 2.45) is 5.92 Å². The third-order valence-corrected chi connectivity index (χ3v) is 4.38. The van der Waals surface area contributed by atoms with Crippen molar-refractivity contribution in [3.05, 3.63) is 33.8 Å². The average Bonchev–Trinajstić information content (AvgIpc) is 3.22. The van der Waals surface area contributed by atoms with E-state index in [0.29, 0.717) is 28.2 Å². The first-order chi connectivity index (χ1) is 9.13. The minimum absolute atomic E-state index is 0.106. The van der Waals surface area contributed by atoms with Crippen LogP contribution < -0.4 is 0 Å². The van der Waals surface area contributed by atoms with E-state index in [2.05, 4.69) is 4.90 Å². The molecule has 0 radical (unpaired) electrons. The maximum absolute atomic E-state index is 12.4. The number of carbonyl (C=O) groups excluding carboxylic acids is 1. The van der Waals surface area contributed by atoms with Crippen LogP contribution in [-0.4, -0.2) is 29.8 Å². The summed E-state index contributed by atoms with van der Waals surface area (Å²) >= 11 is 12.0. The lowest BCUT2D eigenvalue weighted by atomic mass is 10.1. The van der Waals surface area contributed by atoms with Gasteiger partial charge in [-0.05, 0) is 49.8 Å². The fourth-order valence-corrected chi connectivity index (χ4v) is 2.91. The predicted molar refractivity (Wildman–Crippen MR) is 78.1 cm³/mol. The number of halogens is 2. The molecule has 4 heteroatoms. The van der Waals surface area contributed by atoms with E-state index < -0.39 is 0 Å². The van der Waals surface area contributed by atoms with Crippen LogP contribution in [0.25, 0.3) is 0 Å². The Balaban J connectivity index is 1.68. The van der Waals surface area contributed by atoms with Gasteiger partial charge < -0.3 is 0 Å². The summed E-state index contributed by atoms with van der Waals surface area (Å²) in [5.41, 5.74) is 0.590. The molecule has 0 saturated heterocycles. The molecule has 1 aromatic rings. The van der Waals surface area contributed by atoms with Gasteiger partial charge in [0, 0.05) is 23.2 Å². The fourth-order valence-electron chi connectivity index (χ4n) is 2.40. The molecular formula is C15H17Cl2NO. The van der Waals surface area contributed by atoms with Crippen molar-refractivity contribution in [3.8, 4) is 0 Å². The lowest BCUT2D eigenvalue weighted by molar-refractivity contribution is 0.0921. The van der Waals surface area contributed by atoms with Crippen molar-refractivity contribution in [1.29, 1.82) is 0 Å². The standard InChI is InChI=1S/C15H17Cl2NO/c16-11-3-6-13(14(17)7-11)15(19)9-18(12-4-5-12)8-10-1-2-10/h3,6-7,10,12H,1-2,4-5,8-9H2. The number of nitrogens with zero attached hydrogens (tertiary/aromatic N) is 1. The molecule has 0 aromatic heterocycles. The van der Waals surface area contributed by atoms with E-state index in [0.717, 1.165) is 12.5 Å². The van der Waals surface area contributed by atoms with Crippen LogP contribution in [0.3, 0.4) is 0 Å². The van der Waals surface area contributed by atoms with Crippen molar-refractivity contribution < 1.29 is 4.79 Å². The van der Waals surface area contributed by atoms with Crippen LogP contribution in [0.2, 0.25) is 10.0 Å². The molecule has 2 saturated carbocycles. The van der Waals surface area contributed by atoms with Gasteiger partial charge in [-0.25, -0.2) is 0 Å². The van der Waals surface area contributed by atoms with E-state index >= 15 is 0 Å². The van der Waals surface area contributed by atoms with E-state index in [1.54, 1.807) is 18.2 Å². The van der Waals surface area contributed by atoms with Crippen molar-refractivity contribution in [3.63, 3.8) is 0 Å². The van der Waals surface area contributed by atoms with Crippen molar-refractivity contribution in [2.75, 3.05) is 13.1 Å². The van der Waals surface area contributed by atoms with Gasteiger partial charge in [-0.2, -0.15) is 0 Å². The molecule has 0 spiro atoms. The molecule has 0 unspecified atom stereocenters. The van der Waals surface area contributed by atoms with Crippen molar-refractivity contribution in [1.82, 2.24) is 4.90 Å². The zero-order valence-electron chi connectivity index (χ0n) is 10.7. The Kier molecular flexibility index (Phi) is 3.84. The molecule has 0 bridgehead atoms. The quantitative estimate of drug-likeness (QED) is 0.738. The number of Topliss-reactive ketones (excluding diaryl/α,β-unsaturated/α-hetero) is 1. The fraction of sp³-hybridized carbons (Fsp3) is 0.533. The van der Waals surface area contributed by atoms with Crippen LogP contribution in [0.4, 0.5) is 0 Å². The van der Waals surface area contributed by atoms with Gasteiger partial charge in [0.15, 0.2) is 5.78 Å². The molecule has 2 aliphatic carbocycles. The topological polar surface area (TPSA) is 20.3 Å². The van der Waals surface area contributed by atoms with Gasteiger partial charge in [-0.1, -0.05) is 23.2 Å². The zero-order valence-corrected chi connectivity index (χ0v) is 12.3. The maximum Gasteiger partial charge on any atom is 0.178 e. The maximum atomic E-state index is 12.4. The summed E-state index contributed by atoms with van der Waals surface area (Å²) in [6.45, 7) is 1.56. The first kappa shape index (κ1) is 13.4. The predicted octanol–water partition coefficient (Wildman–Crippen LogP) is 4.05. The van der Waals surface area contributed by atoms with Gasteiger partial charge >= 0.3 is 0 Å². The minimum Gasteiger partial charge on any atom is -0.293 e. The summed E-state index contributed by atoms with van der Waals surface area (Å²) in [7, 11) is 0. The van der Waals surface area contributed by atoms with Crippen LogP contribution in [0, 0.1) is 5.92 Å². The molecule has 102 valence electrons. The van der Waals surface area contributed by atoms with Crippen LogP contribution in [0.5, 0.6) is 0 Å². The Morgan fingerprint density at radius 1 is 1.21 bits per heavy atom. The van der Waals surface area contributed by atoms with Crippen molar-refractivity contribution in [2.45, 2.75) is 31.7 Å². The van der Waals surface area contributed by atoms with Crippen LogP contribution in [-0.2, 0) is 0 Å². The average molecular weight is 298 g/mol. The smallest absolute Gasteiger partial charge is 0.178 e. The molecule has 0 heterocycles. The highest BCUT2D eigenvalue weighted by Gasteiger charge is 2.34. The van der Waals surface area contributed by atoms with Crippen LogP contribution in [0.1, 0.15) is 36.0 Å². The zero-order chi connectivity index (χ0) is 13.4. The molecule has 3 rings (SSSR count). The van der Waals surface area contributed by atoms with Crippen LogP contribution >= 0.6 is 23.2 Å². The van der Waals surface area contributed by atoms with Gasteiger partial charge in [-0.15, -0.1) is 0 Å². The van der Waals surface area contributed by atoms with Gasteiger partial charge in [0.05, 0.1) is 11.6 Å². The summed E-state index contributed by atoms with van der Waals surface area (Å²) < 4.78 is 0. The molecule has 0 N–H and O–H groups in total. The van der Waals surface area contributed by atoms with E-state index in [1.807, 2.05) is 0 Å². The Hall–Kier alpha value is -0.570. The third-order valence-electron chi connectivity index (χ3n) is 3.83. The lowest BCUT2D eigenvalue weighted by Crippen LogP contribution is -2.33. The second kappa shape index (κ2) is 5.43. The molecule has 1 aromatic carbocycles. The SMILES string of the molecule is O=C(CN(CC1CC1)C1CC1)c1ccc(Cl)cc1Cl. The van der Waals surface area contributed by atoms with E-state index in [-0.39, 0.29) is 5.78 Å². The summed E-state index contributed by atoms with van der Waals surface area (Å²) in [5.74, 6) is 0.920. The van der Waals surface area contributed by atoms with Gasteiger partial charge in [0.1, 0.15) is 0 Å². The molecule has 0 aliphatic heterocycles. The second-order valence-corrected chi connectivity index (χ2v) is 6.49. The summed E-state index contributed by atoms with van der Waals surface area (Å²) in [4.78, 5) is 14.7. The number of benzene rings is 1. The number of carbonyl (C=O) groups is 1. The number of hydrogen-bond donors (Lipinski definition) is 0. The Morgan fingerprint density at radius 3 is 2.53 bits per heavy atom. The first-order valence-corrected chi connectivity index (χ1v) is 7.61. The van der Waals surface area contributed by atoms with Crippen molar-refractivity contribution >= 4 is 29.0 Å². The first-order valence-electron chi connectivity index (χ1n) is 6.86. The molecule has 2 aliphatic rings. The molecule has 0 atom stereocenters. The van der Waals surface area contributed by atoms with E-state index in [1.165, 1.54) is 25.7 Å². The Labute approximate surface area is 123 Å². The summed E-state index contributed by atoms with van der Waals surface area (Å²) in [5, 5.41) is 1.03. The third kappa shape index (κ3) is 3.50. The highest BCUT2D eigenvalue weighted by atomic mass is 35.5. The normalized spacial score (nSPS) is 18.9. The highest BCUT2D eigenvalue weighted by Crippen LogP contribution is 2.35. The monoisotopic (exact) mass is 297 g/mol. The summed E-state index contributed by atoms with van der Waals surface area (Å²) in [6.07, 6.45) is 5.10. The highest BCUT2D eigenvalue weighted by molar-refractivity contribution is 6.36. The van der Waals surface area contributed by atoms with Gasteiger partial charge in [-0.3, -0.25) is 9.69 Å². The lowest BCUT2D eigenvalue weighted by Gasteiger charge is -2.21. The summed E-state index contributed by atoms with van der Waals surface area (Å²) in [6, 6.07) is 5.72. The molecular weight excluding hydrogens is 281 g/mol. The molecule has 2 fully saturated rings. The largest absolute Gasteiger partial charge is 0.293 e. The van der Waals surface area contributed by atoms with E-state index in [4.69, 9.17) is 23.2 Å². The van der Waals surface area contributed by atoms with Crippen LogP contribution in [0.15, 0.2) is 18.2 Å². The Bertz CT molecular complexity index is 495. The van der Waals surface area contributed by atoms with Gasteiger partial charge in [0.2, 0.25) is 0 Å². The number of hydrogen-bond acceptors (Lipinski definition) is 2. The Morgan fingerprint density at radius 2 is 1.95 bits per heavy atom. The number of rotatable bonds is 6. The molecule has 0 amide bonds. The minimum atomic E-state index is 0.106. The molecule has 2 nitrogen and oxygen atoms in total. The van der Waals surface area contributed by atoms with Gasteiger partial charge in [0.25, 0.3) is 0 Å². The van der Waals surface area contributed by atoms with E-state index in [9.17, 15) is 4.79 Å².